The Morgan fingerprint density at radius 1 is 0.974 bits per heavy atom. The smallest absolute Gasteiger partial charge is 0.252 e. The lowest BCUT2D eigenvalue weighted by molar-refractivity contribution is 0.0930. The van der Waals surface area contributed by atoms with Gasteiger partial charge in [0.1, 0.15) is 0 Å². The van der Waals surface area contributed by atoms with Crippen molar-refractivity contribution in [3.63, 3.8) is 0 Å². The number of carbonyl (C=O) groups is 1. The molecule has 1 saturated carbocycles. The van der Waals surface area contributed by atoms with Crippen molar-refractivity contribution < 1.29 is 4.79 Å². The number of likely N-dealkylation sites (N-methyl/N-ethyl adjacent to an activating group) is 1. The molecule has 2 aromatic carbocycles. The van der Waals surface area contributed by atoms with Crippen LogP contribution in [0.5, 0.6) is 0 Å². The van der Waals surface area contributed by atoms with Crippen LogP contribution in [-0.2, 0) is 12.6 Å². The zero-order valence-corrected chi connectivity index (χ0v) is 23.2. The standard InChI is InChI=1S/C32H36N6O/c1-20-5-7-24(38-18-25-8-9-26(19-38)37(25)4)15-28(20)31(39)35-32(11-12-32)29-13-22(23-16-33-36(3)17-23)14-30-27(29)10-6-21(2)34-30/h5-7,10,13-17,25-26H,8-9,11-12,18-19H2,1-4H3,(H,35,39). The highest BCUT2D eigenvalue weighted by atomic mass is 16.1. The first kappa shape index (κ1) is 24.3. The van der Waals surface area contributed by atoms with Crippen LogP contribution in [0.1, 0.15) is 52.9 Å². The molecule has 2 saturated heterocycles. The summed E-state index contributed by atoms with van der Waals surface area (Å²) in [5.41, 5.74) is 7.75. The zero-order valence-electron chi connectivity index (χ0n) is 23.2. The number of nitrogens with zero attached hydrogens (tertiary/aromatic N) is 5. The van der Waals surface area contributed by atoms with Gasteiger partial charge in [0.2, 0.25) is 0 Å². The van der Waals surface area contributed by atoms with Crippen molar-refractivity contribution in [2.75, 3.05) is 25.0 Å². The van der Waals surface area contributed by atoms with Crippen LogP contribution in [-0.4, -0.2) is 57.8 Å². The molecular weight excluding hydrogens is 484 g/mol. The van der Waals surface area contributed by atoms with Crippen LogP contribution >= 0.6 is 0 Å². The molecule has 2 unspecified atom stereocenters. The summed E-state index contributed by atoms with van der Waals surface area (Å²) in [7, 11) is 4.19. The Morgan fingerprint density at radius 2 is 1.74 bits per heavy atom. The van der Waals surface area contributed by atoms with Crippen molar-refractivity contribution in [3.05, 3.63) is 77.2 Å². The Hall–Kier alpha value is -3.71. The highest BCUT2D eigenvalue weighted by molar-refractivity contribution is 5.98. The molecule has 39 heavy (non-hydrogen) atoms. The maximum atomic E-state index is 13.9. The number of aryl methyl sites for hydroxylation is 3. The van der Waals surface area contributed by atoms with Crippen molar-refractivity contribution in [1.82, 2.24) is 25.0 Å². The summed E-state index contributed by atoms with van der Waals surface area (Å²) >= 11 is 0. The van der Waals surface area contributed by atoms with Crippen molar-refractivity contribution in [2.24, 2.45) is 7.05 Å². The average Bonchev–Trinajstić information content (AvgIpc) is 3.52. The minimum Gasteiger partial charge on any atom is -0.368 e. The topological polar surface area (TPSA) is 66.3 Å². The number of pyridine rings is 1. The number of anilines is 1. The molecule has 200 valence electrons. The monoisotopic (exact) mass is 520 g/mol. The fraction of sp³-hybridized carbons (Fsp3) is 0.406. The van der Waals surface area contributed by atoms with Gasteiger partial charge in [0.25, 0.3) is 5.91 Å². The lowest BCUT2D eigenvalue weighted by atomic mass is 9.94. The van der Waals surface area contributed by atoms with Crippen LogP contribution in [0.3, 0.4) is 0 Å². The van der Waals surface area contributed by atoms with E-state index < -0.39 is 0 Å². The van der Waals surface area contributed by atoms with E-state index in [4.69, 9.17) is 4.98 Å². The first-order valence-electron chi connectivity index (χ1n) is 14.1. The molecule has 4 aromatic rings. The van der Waals surface area contributed by atoms with E-state index in [1.165, 1.54) is 12.8 Å². The third-order valence-electron chi connectivity index (χ3n) is 9.28. The van der Waals surface area contributed by atoms with Crippen LogP contribution in [0.4, 0.5) is 5.69 Å². The van der Waals surface area contributed by atoms with Gasteiger partial charge in [-0.1, -0.05) is 12.1 Å². The summed E-state index contributed by atoms with van der Waals surface area (Å²) in [6.07, 6.45) is 8.27. The van der Waals surface area contributed by atoms with Gasteiger partial charge in [-0.05, 0) is 93.6 Å². The van der Waals surface area contributed by atoms with E-state index in [1.54, 1.807) is 0 Å². The molecule has 3 fully saturated rings. The molecule has 1 amide bonds. The number of aromatic nitrogens is 3. The molecule has 2 bridgehead atoms. The van der Waals surface area contributed by atoms with E-state index >= 15 is 0 Å². The maximum Gasteiger partial charge on any atom is 0.252 e. The number of amides is 1. The van der Waals surface area contributed by atoms with Gasteiger partial charge in [-0.25, -0.2) is 0 Å². The molecule has 1 N–H and O–H groups in total. The Labute approximate surface area is 229 Å². The molecule has 4 heterocycles. The average molecular weight is 521 g/mol. The second-order valence-electron chi connectivity index (χ2n) is 11.9. The fourth-order valence-electron chi connectivity index (χ4n) is 6.72. The summed E-state index contributed by atoms with van der Waals surface area (Å²) in [6.45, 7) is 6.12. The highest BCUT2D eigenvalue weighted by Gasteiger charge is 2.47. The van der Waals surface area contributed by atoms with Gasteiger partial charge in [0.15, 0.2) is 0 Å². The van der Waals surface area contributed by atoms with Gasteiger partial charge in [0.05, 0.1) is 17.3 Å². The highest BCUT2D eigenvalue weighted by Crippen LogP contribution is 2.49. The molecule has 7 heteroatoms. The van der Waals surface area contributed by atoms with Crippen LogP contribution in [0.25, 0.3) is 22.0 Å². The molecule has 2 aliphatic heterocycles. The van der Waals surface area contributed by atoms with Crippen LogP contribution in [0, 0.1) is 13.8 Å². The van der Waals surface area contributed by atoms with Gasteiger partial charge in [-0.2, -0.15) is 5.10 Å². The predicted octanol–water partition coefficient (Wildman–Crippen LogP) is 4.95. The number of fused-ring (bicyclic) bond motifs is 3. The summed E-state index contributed by atoms with van der Waals surface area (Å²) in [5.74, 6) is 0.00366. The minimum atomic E-state index is -0.389. The largest absolute Gasteiger partial charge is 0.368 e. The lowest BCUT2D eigenvalue weighted by Gasteiger charge is -2.40. The normalized spacial score (nSPS) is 21.9. The van der Waals surface area contributed by atoms with E-state index in [0.717, 1.165) is 76.0 Å². The number of carbonyl (C=O) groups excluding carboxylic acids is 1. The van der Waals surface area contributed by atoms with Crippen molar-refractivity contribution in [1.29, 1.82) is 0 Å². The summed E-state index contributed by atoms with van der Waals surface area (Å²) in [6, 6.07) is 16.2. The van der Waals surface area contributed by atoms with Gasteiger partial charge >= 0.3 is 0 Å². The number of rotatable bonds is 5. The second-order valence-corrected chi connectivity index (χ2v) is 11.9. The zero-order chi connectivity index (χ0) is 26.9. The third kappa shape index (κ3) is 4.20. The van der Waals surface area contributed by atoms with Gasteiger partial charge < -0.3 is 10.2 Å². The quantitative estimate of drug-likeness (QED) is 0.403. The molecule has 7 rings (SSSR count). The number of benzene rings is 2. The van der Waals surface area contributed by atoms with E-state index in [-0.39, 0.29) is 11.4 Å². The minimum absolute atomic E-state index is 0.00366. The molecule has 3 aliphatic rings. The van der Waals surface area contributed by atoms with Crippen LogP contribution < -0.4 is 10.2 Å². The number of nitrogens with one attached hydrogen (secondary N) is 1. The first-order chi connectivity index (χ1) is 18.8. The fourth-order valence-corrected chi connectivity index (χ4v) is 6.72. The molecule has 7 nitrogen and oxygen atoms in total. The van der Waals surface area contributed by atoms with Gasteiger partial charge in [0, 0.05) is 66.3 Å². The summed E-state index contributed by atoms with van der Waals surface area (Å²) < 4.78 is 1.82. The van der Waals surface area contributed by atoms with Crippen LogP contribution in [0.2, 0.25) is 0 Å². The van der Waals surface area contributed by atoms with Crippen molar-refractivity contribution >= 4 is 22.5 Å². The Morgan fingerprint density at radius 3 is 2.44 bits per heavy atom. The summed E-state index contributed by atoms with van der Waals surface area (Å²) in [4.78, 5) is 23.8. The molecular formula is C32H36N6O. The summed E-state index contributed by atoms with van der Waals surface area (Å²) in [5, 5.41) is 8.97. The lowest BCUT2D eigenvalue weighted by Crippen LogP contribution is -2.52. The van der Waals surface area contributed by atoms with Gasteiger partial charge in [-0.15, -0.1) is 0 Å². The Kier molecular flexibility index (Phi) is 5.56. The molecule has 1 aliphatic carbocycles. The van der Waals surface area contributed by atoms with E-state index in [2.05, 4.69) is 69.7 Å². The second kappa shape index (κ2) is 8.91. The van der Waals surface area contributed by atoms with Gasteiger partial charge in [-0.3, -0.25) is 19.4 Å². The van der Waals surface area contributed by atoms with E-state index in [9.17, 15) is 4.79 Å². The van der Waals surface area contributed by atoms with Crippen molar-refractivity contribution in [3.8, 4) is 11.1 Å². The van der Waals surface area contributed by atoms with Crippen LogP contribution in [0.15, 0.2) is 54.9 Å². The number of piperazine rings is 1. The molecule has 2 atom stereocenters. The van der Waals surface area contributed by atoms with Crippen molar-refractivity contribution in [2.45, 2.75) is 57.2 Å². The number of hydrogen-bond donors (Lipinski definition) is 1. The Balaban J connectivity index is 1.22. The first-order valence-corrected chi connectivity index (χ1v) is 14.1. The molecule has 0 radical (unpaired) electrons. The van der Waals surface area contributed by atoms with E-state index in [0.29, 0.717) is 12.1 Å². The predicted molar refractivity (Wildman–Crippen MR) is 155 cm³/mol. The SMILES string of the molecule is Cc1ccc2c(C3(NC(=O)c4cc(N5CC6CCC(C5)N6C)ccc4C)CC3)cc(-c3cnn(C)c3)cc2n1. The molecule has 2 aromatic heterocycles. The Bertz CT molecular complexity index is 1590. The maximum absolute atomic E-state index is 13.9. The number of hydrogen-bond acceptors (Lipinski definition) is 5. The third-order valence-corrected chi connectivity index (χ3v) is 9.28. The van der Waals surface area contributed by atoms with E-state index in [1.807, 2.05) is 38.0 Å². The molecule has 0 spiro atoms.